The lowest BCUT2D eigenvalue weighted by molar-refractivity contribution is -0.149. The SMILES string of the molecule is CC(=O)N[C@H](CO)C(=O)N[C@H](CC(=O)O)C(=O)N[C@H](CCCCN)C(=O)N1CCC[C@@H]1C(=O)O. The zero-order chi connectivity index (χ0) is 25.8. The molecule has 0 aliphatic carbocycles. The minimum absolute atomic E-state index is 0.128. The smallest absolute Gasteiger partial charge is 0.326 e. The van der Waals surface area contributed by atoms with Gasteiger partial charge in [-0.2, -0.15) is 0 Å². The summed E-state index contributed by atoms with van der Waals surface area (Å²) in [5.41, 5.74) is 5.49. The standard InChI is InChI=1S/C20H33N5O9/c1-11(27)22-14(10-26)18(31)24-13(9-16(28)29)17(30)23-12(5-2-3-7-21)19(32)25-8-4-6-15(25)20(33)34/h12-15,26H,2-10,21H2,1H3,(H,22,27)(H,23,30)(H,24,31)(H,28,29)(H,33,34)/t12-,13-,14-,15-/m1/s1. The lowest BCUT2D eigenvalue weighted by Gasteiger charge is -2.29. The summed E-state index contributed by atoms with van der Waals surface area (Å²) in [6.07, 6.45) is 1.02. The predicted octanol–water partition coefficient (Wildman–Crippen LogP) is -2.87. The van der Waals surface area contributed by atoms with Crippen LogP contribution in [0.25, 0.3) is 0 Å². The first kappa shape index (κ1) is 28.8. The van der Waals surface area contributed by atoms with Crippen molar-refractivity contribution in [1.82, 2.24) is 20.9 Å². The van der Waals surface area contributed by atoms with Gasteiger partial charge in [0.1, 0.15) is 24.2 Å². The molecule has 192 valence electrons. The zero-order valence-corrected chi connectivity index (χ0v) is 19.0. The van der Waals surface area contributed by atoms with Crippen LogP contribution in [-0.4, -0.2) is 99.7 Å². The van der Waals surface area contributed by atoms with Crippen LogP contribution in [0.3, 0.4) is 0 Å². The fourth-order valence-electron chi connectivity index (χ4n) is 3.61. The van der Waals surface area contributed by atoms with E-state index in [1.54, 1.807) is 0 Å². The maximum Gasteiger partial charge on any atom is 0.326 e. The number of aliphatic hydroxyl groups is 1. The molecular weight excluding hydrogens is 454 g/mol. The molecule has 1 aliphatic rings. The van der Waals surface area contributed by atoms with Crippen molar-refractivity contribution in [2.24, 2.45) is 5.73 Å². The molecule has 0 aromatic rings. The van der Waals surface area contributed by atoms with Crippen LogP contribution in [0.2, 0.25) is 0 Å². The summed E-state index contributed by atoms with van der Waals surface area (Å²) in [6.45, 7) is 0.846. The van der Waals surface area contributed by atoms with Crippen LogP contribution in [-0.2, 0) is 28.8 Å². The number of carboxylic acid groups (broad SMARTS) is 2. The third-order valence-corrected chi connectivity index (χ3v) is 5.27. The molecule has 1 heterocycles. The summed E-state index contributed by atoms with van der Waals surface area (Å²) in [7, 11) is 0. The molecule has 0 bridgehead atoms. The number of nitrogens with two attached hydrogens (primary N) is 1. The highest BCUT2D eigenvalue weighted by Gasteiger charge is 2.38. The number of carboxylic acids is 2. The molecule has 0 spiro atoms. The van der Waals surface area contributed by atoms with Crippen molar-refractivity contribution in [3.63, 3.8) is 0 Å². The van der Waals surface area contributed by atoms with Gasteiger partial charge < -0.3 is 41.9 Å². The second-order valence-electron chi connectivity index (χ2n) is 7.97. The molecule has 0 aromatic carbocycles. The largest absolute Gasteiger partial charge is 0.481 e. The van der Waals surface area contributed by atoms with E-state index in [9.17, 15) is 39.0 Å². The molecule has 0 radical (unpaired) electrons. The highest BCUT2D eigenvalue weighted by atomic mass is 16.4. The normalized spacial score (nSPS) is 17.9. The van der Waals surface area contributed by atoms with Crippen molar-refractivity contribution in [2.45, 2.75) is 69.6 Å². The third kappa shape index (κ3) is 8.94. The maximum atomic E-state index is 13.1. The Morgan fingerprint density at radius 1 is 0.971 bits per heavy atom. The number of aliphatic carboxylic acids is 2. The molecule has 1 fully saturated rings. The molecule has 4 atom stereocenters. The van der Waals surface area contributed by atoms with E-state index in [2.05, 4.69) is 16.0 Å². The molecule has 1 aliphatic heterocycles. The van der Waals surface area contributed by atoms with Crippen LogP contribution in [0, 0.1) is 0 Å². The Bertz CT molecular complexity index is 776. The van der Waals surface area contributed by atoms with Crippen molar-refractivity contribution >= 4 is 35.6 Å². The fourth-order valence-corrected chi connectivity index (χ4v) is 3.61. The molecule has 8 N–H and O–H groups in total. The second kappa shape index (κ2) is 14.1. The average molecular weight is 488 g/mol. The Morgan fingerprint density at radius 3 is 2.12 bits per heavy atom. The topological polar surface area (TPSA) is 228 Å². The van der Waals surface area contributed by atoms with Gasteiger partial charge in [0.2, 0.25) is 23.6 Å². The van der Waals surface area contributed by atoms with E-state index in [1.165, 1.54) is 4.90 Å². The number of carbonyl (C=O) groups excluding carboxylic acids is 4. The molecule has 0 saturated carbocycles. The van der Waals surface area contributed by atoms with E-state index in [4.69, 9.17) is 10.8 Å². The summed E-state index contributed by atoms with van der Waals surface area (Å²) in [5, 5.41) is 34.6. The maximum absolute atomic E-state index is 13.1. The summed E-state index contributed by atoms with van der Waals surface area (Å²) in [5.74, 6) is -5.80. The van der Waals surface area contributed by atoms with Gasteiger partial charge in [-0.25, -0.2) is 4.79 Å². The van der Waals surface area contributed by atoms with E-state index in [-0.39, 0.29) is 19.4 Å². The van der Waals surface area contributed by atoms with Gasteiger partial charge in [-0.3, -0.25) is 24.0 Å². The number of amides is 4. The van der Waals surface area contributed by atoms with Gasteiger partial charge in [0.05, 0.1) is 13.0 Å². The van der Waals surface area contributed by atoms with E-state index in [0.29, 0.717) is 25.8 Å². The van der Waals surface area contributed by atoms with Gasteiger partial charge in [0, 0.05) is 13.5 Å². The number of unbranched alkanes of at least 4 members (excludes halogenated alkanes) is 1. The third-order valence-electron chi connectivity index (χ3n) is 5.27. The zero-order valence-electron chi connectivity index (χ0n) is 19.0. The lowest BCUT2D eigenvalue weighted by atomic mass is 10.1. The van der Waals surface area contributed by atoms with Gasteiger partial charge in [-0.1, -0.05) is 0 Å². The number of likely N-dealkylation sites (tertiary alicyclic amines) is 1. The molecule has 34 heavy (non-hydrogen) atoms. The second-order valence-corrected chi connectivity index (χ2v) is 7.97. The average Bonchev–Trinajstić information content (AvgIpc) is 3.25. The number of rotatable bonds is 14. The summed E-state index contributed by atoms with van der Waals surface area (Å²) in [6, 6.07) is -5.22. The Kier molecular flexibility index (Phi) is 11.9. The van der Waals surface area contributed by atoms with Crippen molar-refractivity contribution in [3.05, 3.63) is 0 Å². The highest BCUT2D eigenvalue weighted by molar-refractivity contribution is 5.96. The molecule has 1 saturated heterocycles. The number of hydrogen-bond donors (Lipinski definition) is 7. The monoisotopic (exact) mass is 487 g/mol. The minimum atomic E-state index is -1.62. The van der Waals surface area contributed by atoms with E-state index >= 15 is 0 Å². The number of nitrogens with zero attached hydrogens (tertiary/aromatic N) is 1. The van der Waals surface area contributed by atoms with Crippen LogP contribution < -0.4 is 21.7 Å². The molecular formula is C20H33N5O9. The summed E-state index contributed by atoms with van der Waals surface area (Å²) in [4.78, 5) is 73.4. The molecule has 0 unspecified atom stereocenters. The Morgan fingerprint density at radius 2 is 1.59 bits per heavy atom. The van der Waals surface area contributed by atoms with Gasteiger partial charge in [0.15, 0.2) is 0 Å². The lowest BCUT2D eigenvalue weighted by Crippen LogP contribution is -2.58. The first-order valence-corrected chi connectivity index (χ1v) is 11.0. The number of nitrogens with one attached hydrogen (secondary N) is 3. The summed E-state index contributed by atoms with van der Waals surface area (Å²) < 4.78 is 0. The van der Waals surface area contributed by atoms with Crippen molar-refractivity contribution < 1.29 is 44.1 Å². The number of carbonyl (C=O) groups is 6. The van der Waals surface area contributed by atoms with Crippen LogP contribution in [0.15, 0.2) is 0 Å². The van der Waals surface area contributed by atoms with Crippen LogP contribution >= 0.6 is 0 Å². The first-order valence-electron chi connectivity index (χ1n) is 11.0. The minimum Gasteiger partial charge on any atom is -0.481 e. The molecule has 14 heteroatoms. The van der Waals surface area contributed by atoms with Gasteiger partial charge in [-0.15, -0.1) is 0 Å². The van der Waals surface area contributed by atoms with Gasteiger partial charge in [-0.05, 0) is 38.6 Å². The highest BCUT2D eigenvalue weighted by Crippen LogP contribution is 2.20. The number of hydrogen-bond acceptors (Lipinski definition) is 8. The summed E-state index contributed by atoms with van der Waals surface area (Å²) >= 11 is 0. The molecule has 1 rings (SSSR count). The van der Waals surface area contributed by atoms with Crippen LogP contribution in [0.5, 0.6) is 0 Å². The molecule has 0 aromatic heterocycles. The van der Waals surface area contributed by atoms with E-state index < -0.39 is 72.8 Å². The van der Waals surface area contributed by atoms with Gasteiger partial charge in [0.25, 0.3) is 0 Å². The predicted molar refractivity (Wildman–Crippen MR) is 116 cm³/mol. The van der Waals surface area contributed by atoms with E-state index in [1.807, 2.05) is 0 Å². The first-order chi connectivity index (χ1) is 16.0. The quantitative estimate of drug-likeness (QED) is 0.124. The van der Waals surface area contributed by atoms with Crippen molar-refractivity contribution in [2.75, 3.05) is 19.7 Å². The molecule has 4 amide bonds. The Labute approximate surface area is 196 Å². The Balaban J connectivity index is 3.03. The van der Waals surface area contributed by atoms with E-state index in [0.717, 1.165) is 6.92 Å². The molecule has 14 nitrogen and oxygen atoms in total. The van der Waals surface area contributed by atoms with Crippen molar-refractivity contribution in [3.8, 4) is 0 Å². The van der Waals surface area contributed by atoms with Crippen molar-refractivity contribution in [1.29, 1.82) is 0 Å². The van der Waals surface area contributed by atoms with Crippen LogP contribution in [0.1, 0.15) is 45.4 Å². The number of aliphatic hydroxyl groups excluding tert-OH is 1. The van der Waals surface area contributed by atoms with Crippen LogP contribution in [0.4, 0.5) is 0 Å². The Hall–Kier alpha value is -3.26. The van der Waals surface area contributed by atoms with Gasteiger partial charge >= 0.3 is 11.9 Å². The fraction of sp³-hybridized carbons (Fsp3) is 0.700.